The number of carboxylic acid groups (broad SMARTS) is 1. The maximum atomic E-state index is 12.0. The molecule has 2 N–H and O–H groups in total. The van der Waals surface area contributed by atoms with Crippen molar-refractivity contribution in [1.82, 2.24) is 15.1 Å². The molecule has 7 heteroatoms. The number of unbranched alkanes of at least 4 members (excludes halogenated alkanes) is 3. The van der Waals surface area contributed by atoms with E-state index in [0.29, 0.717) is 23.7 Å². The monoisotopic (exact) mass is 349 g/mol. The summed E-state index contributed by atoms with van der Waals surface area (Å²) in [5.74, 6) is -0.986. The van der Waals surface area contributed by atoms with Gasteiger partial charge < -0.3 is 10.4 Å². The lowest BCUT2D eigenvalue weighted by Crippen LogP contribution is -2.25. The van der Waals surface area contributed by atoms with E-state index in [9.17, 15) is 9.59 Å². The van der Waals surface area contributed by atoms with E-state index in [1.807, 2.05) is 12.1 Å². The average molecular weight is 350 g/mol. The van der Waals surface area contributed by atoms with Gasteiger partial charge in [-0.2, -0.15) is 5.10 Å². The molecular formula is C17H20ClN3O3. The van der Waals surface area contributed by atoms with Crippen LogP contribution in [-0.2, 0) is 4.79 Å². The zero-order valence-electron chi connectivity index (χ0n) is 13.2. The van der Waals surface area contributed by atoms with Crippen LogP contribution in [0.25, 0.3) is 5.69 Å². The van der Waals surface area contributed by atoms with Crippen LogP contribution >= 0.6 is 11.6 Å². The minimum Gasteiger partial charge on any atom is -0.481 e. The van der Waals surface area contributed by atoms with Gasteiger partial charge in [-0.05, 0) is 37.1 Å². The van der Waals surface area contributed by atoms with Crippen LogP contribution in [0.15, 0.2) is 36.5 Å². The molecule has 0 aliphatic heterocycles. The molecule has 6 nitrogen and oxygen atoms in total. The van der Waals surface area contributed by atoms with Gasteiger partial charge in [-0.15, -0.1) is 0 Å². The third kappa shape index (κ3) is 5.70. The first-order chi connectivity index (χ1) is 11.6. The van der Waals surface area contributed by atoms with Crippen LogP contribution in [-0.4, -0.2) is 33.3 Å². The first kappa shape index (κ1) is 18.0. The van der Waals surface area contributed by atoms with Gasteiger partial charge in [0.25, 0.3) is 5.91 Å². The fourth-order valence-electron chi connectivity index (χ4n) is 2.25. The Morgan fingerprint density at radius 3 is 2.71 bits per heavy atom. The van der Waals surface area contributed by atoms with Gasteiger partial charge in [0.15, 0.2) is 5.69 Å². The second kappa shape index (κ2) is 9.08. The third-order valence-electron chi connectivity index (χ3n) is 3.50. The normalized spacial score (nSPS) is 10.5. The Balaban J connectivity index is 1.74. The predicted molar refractivity (Wildman–Crippen MR) is 91.6 cm³/mol. The number of benzene rings is 1. The van der Waals surface area contributed by atoms with Crippen LogP contribution in [0.3, 0.4) is 0 Å². The number of carbonyl (C=O) groups is 2. The molecule has 1 amide bonds. The van der Waals surface area contributed by atoms with Gasteiger partial charge in [-0.3, -0.25) is 9.59 Å². The van der Waals surface area contributed by atoms with Crippen LogP contribution < -0.4 is 5.32 Å². The zero-order valence-corrected chi connectivity index (χ0v) is 14.0. The summed E-state index contributed by atoms with van der Waals surface area (Å²) in [5.41, 5.74) is 1.14. The molecule has 0 unspecified atom stereocenters. The molecule has 0 aliphatic rings. The first-order valence-electron chi connectivity index (χ1n) is 7.88. The van der Waals surface area contributed by atoms with Crippen molar-refractivity contribution in [2.24, 2.45) is 0 Å². The van der Waals surface area contributed by atoms with Crippen LogP contribution in [0.2, 0.25) is 5.02 Å². The zero-order chi connectivity index (χ0) is 17.4. The molecule has 24 heavy (non-hydrogen) atoms. The van der Waals surface area contributed by atoms with Gasteiger partial charge in [0.1, 0.15) is 0 Å². The highest BCUT2D eigenvalue weighted by atomic mass is 35.5. The number of hydrogen-bond donors (Lipinski definition) is 2. The fourth-order valence-corrected chi connectivity index (χ4v) is 2.44. The highest BCUT2D eigenvalue weighted by molar-refractivity contribution is 6.30. The van der Waals surface area contributed by atoms with Crippen molar-refractivity contribution in [3.8, 4) is 5.69 Å². The van der Waals surface area contributed by atoms with E-state index in [0.717, 1.165) is 24.9 Å². The van der Waals surface area contributed by atoms with E-state index >= 15 is 0 Å². The molecular weight excluding hydrogens is 330 g/mol. The molecule has 0 bridgehead atoms. The molecule has 0 saturated carbocycles. The van der Waals surface area contributed by atoms with Gasteiger partial charge in [-0.1, -0.05) is 30.5 Å². The highest BCUT2D eigenvalue weighted by Gasteiger charge is 2.09. The van der Waals surface area contributed by atoms with Gasteiger partial charge in [0.2, 0.25) is 0 Å². The summed E-state index contributed by atoms with van der Waals surface area (Å²) in [6, 6.07) is 8.89. The van der Waals surface area contributed by atoms with Gasteiger partial charge >= 0.3 is 5.97 Å². The molecule has 128 valence electrons. The lowest BCUT2D eigenvalue weighted by Gasteiger charge is -2.04. The van der Waals surface area contributed by atoms with Gasteiger partial charge in [0, 0.05) is 24.2 Å². The molecule has 0 spiro atoms. The first-order valence-corrected chi connectivity index (χ1v) is 8.25. The highest BCUT2D eigenvalue weighted by Crippen LogP contribution is 2.14. The summed E-state index contributed by atoms with van der Waals surface area (Å²) in [5, 5.41) is 16.2. The van der Waals surface area contributed by atoms with E-state index in [4.69, 9.17) is 16.7 Å². The number of carboxylic acids is 1. The number of aromatic nitrogens is 2. The largest absolute Gasteiger partial charge is 0.481 e. The van der Waals surface area contributed by atoms with Crippen molar-refractivity contribution >= 4 is 23.5 Å². The third-order valence-corrected chi connectivity index (χ3v) is 3.73. The second-order valence-corrected chi connectivity index (χ2v) is 5.88. The Kier molecular flexibility index (Phi) is 6.81. The van der Waals surface area contributed by atoms with Crippen molar-refractivity contribution in [3.05, 3.63) is 47.2 Å². The Hall–Kier alpha value is -2.34. The topological polar surface area (TPSA) is 84.2 Å². The Morgan fingerprint density at radius 1 is 1.17 bits per heavy atom. The minimum atomic E-state index is -0.765. The predicted octanol–water partition coefficient (Wildman–Crippen LogP) is 3.29. The van der Waals surface area contributed by atoms with Crippen molar-refractivity contribution in [3.63, 3.8) is 0 Å². The van der Waals surface area contributed by atoms with Crippen LogP contribution in [0.4, 0.5) is 0 Å². The summed E-state index contributed by atoms with van der Waals surface area (Å²) in [4.78, 5) is 22.4. The molecule has 0 radical (unpaired) electrons. The van der Waals surface area contributed by atoms with Crippen molar-refractivity contribution < 1.29 is 14.7 Å². The molecule has 0 atom stereocenters. The average Bonchev–Trinajstić information content (AvgIpc) is 3.03. The van der Waals surface area contributed by atoms with E-state index < -0.39 is 5.97 Å². The van der Waals surface area contributed by atoms with E-state index in [-0.39, 0.29) is 12.3 Å². The molecule has 0 fully saturated rings. The Morgan fingerprint density at radius 2 is 1.96 bits per heavy atom. The van der Waals surface area contributed by atoms with Crippen LogP contribution in [0.1, 0.15) is 42.6 Å². The lowest BCUT2D eigenvalue weighted by atomic mass is 10.1. The molecule has 2 aromatic rings. The van der Waals surface area contributed by atoms with Crippen molar-refractivity contribution in [2.75, 3.05) is 6.54 Å². The number of carbonyl (C=O) groups excluding carboxylic acids is 1. The summed E-state index contributed by atoms with van der Waals surface area (Å²) in [6.45, 7) is 0.552. The number of aliphatic carboxylic acids is 1. The minimum absolute atomic E-state index is 0.202. The van der Waals surface area contributed by atoms with E-state index in [1.165, 1.54) is 0 Å². The van der Waals surface area contributed by atoms with E-state index in [2.05, 4.69) is 10.4 Å². The van der Waals surface area contributed by atoms with Crippen LogP contribution in [0, 0.1) is 0 Å². The number of halogens is 1. The Labute approximate surface area is 145 Å². The number of rotatable bonds is 9. The second-order valence-electron chi connectivity index (χ2n) is 5.44. The lowest BCUT2D eigenvalue weighted by molar-refractivity contribution is -0.137. The number of nitrogens with zero attached hydrogens (tertiary/aromatic N) is 2. The van der Waals surface area contributed by atoms with Crippen LogP contribution in [0.5, 0.6) is 0 Å². The summed E-state index contributed by atoms with van der Waals surface area (Å²) < 4.78 is 1.60. The molecule has 1 aromatic carbocycles. The number of hydrogen-bond acceptors (Lipinski definition) is 3. The maximum absolute atomic E-state index is 12.0. The number of amides is 1. The van der Waals surface area contributed by atoms with Crippen molar-refractivity contribution in [1.29, 1.82) is 0 Å². The summed E-state index contributed by atoms with van der Waals surface area (Å²) in [7, 11) is 0. The quantitative estimate of drug-likeness (QED) is 0.680. The van der Waals surface area contributed by atoms with Gasteiger partial charge in [-0.25, -0.2) is 4.68 Å². The molecule has 1 heterocycles. The standard InChI is InChI=1S/C17H20ClN3O3/c18-13-6-5-7-14(12-13)21-11-9-15(20-21)17(24)19-10-4-2-1-3-8-16(22)23/h5-7,9,11-12H,1-4,8,10H2,(H,19,24)(H,22,23). The molecule has 0 saturated heterocycles. The smallest absolute Gasteiger partial charge is 0.303 e. The molecule has 1 aromatic heterocycles. The maximum Gasteiger partial charge on any atom is 0.303 e. The summed E-state index contributed by atoms with van der Waals surface area (Å²) >= 11 is 5.95. The molecule has 0 aliphatic carbocycles. The van der Waals surface area contributed by atoms with Crippen molar-refractivity contribution in [2.45, 2.75) is 32.1 Å². The fraction of sp³-hybridized carbons (Fsp3) is 0.353. The Bertz CT molecular complexity index is 700. The van der Waals surface area contributed by atoms with Gasteiger partial charge in [0.05, 0.1) is 5.69 Å². The number of nitrogens with one attached hydrogen (secondary N) is 1. The summed E-state index contributed by atoms with van der Waals surface area (Å²) in [6.07, 6.45) is 5.16. The van der Waals surface area contributed by atoms with E-state index in [1.54, 1.807) is 29.1 Å². The SMILES string of the molecule is O=C(O)CCCCCCNC(=O)c1ccn(-c2cccc(Cl)c2)n1. The molecule has 2 rings (SSSR count).